The highest BCUT2D eigenvalue weighted by molar-refractivity contribution is 5.94. The molecule has 0 aliphatic heterocycles. The fraction of sp³-hybridized carbons (Fsp3) is 0.227. The van der Waals surface area contributed by atoms with Crippen LogP contribution in [0, 0.1) is 0 Å². The van der Waals surface area contributed by atoms with Crippen LogP contribution in [-0.4, -0.2) is 36.8 Å². The molecule has 3 heterocycles. The smallest absolute Gasteiger partial charge is 0.260 e. The number of aromatic nitrogens is 4. The third-order valence-corrected chi connectivity index (χ3v) is 4.74. The van der Waals surface area contributed by atoms with E-state index in [1.807, 2.05) is 53.2 Å². The largest absolute Gasteiger partial charge is 0.390 e. The van der Waals surface area contributed by atoms with Crippen molar-refractivity contribution in [3.8, 4) is 16.8 Å². The zero-order valence-corrected chi connectivity index (χ0v) is 16.4. The first-order valence-electron chi connectivity index (χ1n) is 9.49. The fourth-order valence-electron chi connectivity index (χ4n) is 3.23. The van der Waals surface area contributed by atoms with Crippen LogP contribution in [0.2, 0.25) is 0 Å². The molecule has 0 atom stereocenters. The predicted octanol–water partition coefficient (Wildman–Crippen LogP) is 3.35. The van der Waals surface area contributed by atoms with Crippen LogP contribution in [0.1, 0.15) is 20.3 Å². The average Bonchev–Trinajstić information content (AvgIpc) is 3.09. The molecule has 0 unspecified atom stereocenters. The summed E-state index contributed by atoms with van der Waals surface area (Å²) in [5.74, 6) is 0.719. The number of para-hydroxylation sites is 1. The second-order valence-corrected chi connectivity index (χ2v) is 7.60. The minimum atomic E-state index is -0.722. The van der Waals surface area contributed by atoms with Crippen LogP contribution in [0.15, 0.2) is 66.0 Å². The molecule has 148 valence electrons. The van der Waals surface area contributed by atoms with E-state index >= 15 is 0 Å². The fourth-order valence-corrected chi connectivity index (χ4v) is 3.23. The molecule has 4 aromatic rings. The third kappa shape index (κ3) is 4.05. The Hall–Kier alpha value is -3.45. The molecule has 0 radical (unpaired) electrons. The lowest BCUT2D eigenvalue weighted by Crippen LogP contribution is -2.22. The Balaban J connectivity index is 1.70. The summed E-state index contributed by atoms with van der Waals surface area (Å²) in [6.07, 6.45) is 5.69. The number of fused-ring (bicyclic) bond motifs is 1. The van der Waals surface area contributed by atoms with Gasteiger partial charge in [0.15, 0.2) is 5.65 Å². The highest BCUT2D eigenvalue weighted by atomic mass is 16.3. The number of benzene rings is 1. The molecule has 0 bridgehead atoms. The van der Waals surface area contributed by atoms with Crippen LogP contribution < -0.4 is 10.9 Å². The monoisotopic (exact) mass is 389 g/mol. The van der Waals surface area contributed by atoms with Gasteiger partial charge < -0.3 is 20.0 Å². The molecular weight excluding hydrogens is 366 g/mol. The number of hydrogen-bond donors (Lipinski definition) is 3. The summed E-state index contributed by atoms with van der Waals surface area (Å²) in [5.41, 5.74) is 2.22. The topological polar surface area (TPSA) is 95.8 Å². The zero-order chi connectivity index (χ0) is 20.4. The van der Waals surface area contributed by atoms with Crippen molar-refractivity contribution in [1.82, 2.24) is 19.5 Å². The minimum Gasteiger partial charge on any atom is -0.390 e. The number of hydrogen-bond acceptors (Lipinski definition) is 5. The minimum absolute atomic E-state index is 0.188. The van der Waals surface area contributed by atoms with Gasteiger partial charge in [-0.15, -0.1) is 0 Å². The van der Waals surface area contributed by atoms with Crippen LogP contribution in [0.3, 0.4) is 0 Å². The first-order chi connectivity index (χ1) is 13.9. The Morgan fingerprint density at radius 3 is 2.62 bits per heavy atom. The van der Waals surface area contributed by atoms with Crippen molar-refractivity contribution in [2.24, 2.45) is 0 Å². The average molecular weight is 389 g/mol. The molecule has 0 aliphatic rings. The molecule has 0 aliphatic carbocycles. The summed E-state index contributed by atoms with van der Waals surface area (Å²) in [7, 11) is 0. The van der Waals surface area contributed by atoms with Crippen molar-refractivity contribution in [2.45, 2.75) is 25.9 Å². The van der Waals surface area contributed by atoms with Gasteiger partial charge in [-0.25, -0.2) is 9.97 Å². The Labute approximate surface area is 168 Å². The van der Waals surface area contributed by atoms with E-state index in [2.05, 4.69) is 20.3 Å². The molecule has 7 heteroatoms. The maximum Gasteiger partial charge on any atom is 0.260 e. The Kier molecular flexibility index (Phi) is 4.90. The van der Waals surface area contributed by atoms with Gasteiger partial charge in [0.05, 0.1) is 17.3 Å². The number of rotatable bonds is 6. The van der Waals surface area contributed by atoms with Crippen molar-refractivity contribution < 1.29 is 5.11 Å². The highest BCUT2D eigenvalue weighted by Gasteiger charge is 2.16. The Bertz CT molecular complexity index is 1170. The van der Waals surface area contributed by atoms with E-state index in [4.69, 9.17) is 0 Å². The molecular formula is C22H23N5O2. The summed E-state index contributed by atoms with van der Waals surface area (Å²) in [4.78, 5) is 24.1. The molecule has 0 saturated heterocycles. The lowest BCUT2D eigenvalue weighted by atomic mass is 10.1. The standard InChI is InChI=1S/C22H23N5O2/c1-22(2,29)10-11-23-18-9-8-15(12-24-18)17-13-27(16-6-4-3-5-7-16)20-19(17)21(28)26-14-25-20/h3-9,12-14,29H,10-11H2,1-2H3,(H,23,24)(H,25,26,28). The van der Waals surface area contributed by atoms with Crippen LogP contribution >= 0.6 is 0 Å². The second kappa shape index (κ2) is 7.52. The van der Waals surface area contributed by atoms with Gasteiger partial charge in [-0.05, 0) is 44.5 Å². The maximum atomic E-state index is 12.6. The maximum absolute atomic E-state index is 12.6. The van der Waals surface area contributed by atoms with Crippen molar-refractivity contribution in [3.05, 3.63) is 71.5 Å². The molecule has 7 nitrogen and oxygen atoms in total. The van der Waals surface area contributed by atoms with Gasteiger partial charge in [0, 0.05) is 35.8 Å². The van der Waals surface area contributed by atoms with Crippen LogP contribution in [0.4, 0.5) is 5.82 Å². The summed E-state index contributed by atoms with van der Waals surface area (Å²) >= 11 is 0. The van der Waals surface area contributed by atoms with E-state index in [0.29, 0.717) is 24.0 Å². The lowest BCUT2D eigenvalue weighted by Gasteiger charge is -2.17. The van der Waals surface area contributed by atoms with Crippen LogP contribution in [-0.2, 0) is 0 Å². The summed E-state index contributed by atoms with van der Waals surface area (Å²) < 4.78 is 1.91. The number of anilines is 1. The van der Waals surface area contributed by atoms with Gasteiger partial charge in [-0.3, -0.25) is 4.79 Å². The van der Waals surface area contributed by atoms with Gasteiger partial charge in [-0.1, -0.05) is 18.2 Å². The first kappa shape index (κ1) is 18.9. The summed E-state index contributed by atoms with van der Waals surface area (Å²) in [5, 5.41) is 13.5. The third-order valence-electron chi connectivity index (χ3n) is 4.74. The van der Waals surface area contributed by atoms with E-state index in [1.54, 1.807) is 20.0 Å². The molecule has 29 heavy (non-hydrogen) atoms. The van der Waals surface area contributed by atoms with Gasteiger partial charge in [0.25, 0.3) is 5.56 Å². The Morgan fingerprint density at radius 2 is 1.93 bits per heavy atom. The zero-order valence-electron chi connectivity index (χ0n) is 16.4. The molecule has 0 amide bonds. The lowest BCUT2D eigenvalue weighted by molar-refractivity contribution is 0.0748. The number of nitrogens with zero attached hydrogens (tertiary/aromatic N) is 3. The van der Waals surface area contributed by atoms with Crippen molar-refractivity contribution in [2.75, 3.05) is 11.9 Å². The van der Waals surface area contributed by atoms with Crippen molar-refractivity contribution in [3.63, 3.8) is 0 Å². The quantitative estimate of drug-likeness (QED) is 0.470. The highest BCUT2D eigenvalue weighted by Crippen LogP contribution is 2.29. The molecule has 0 saturated carbocycles. The number of aromatic amines is 1. The van der Waals surface area contributed by atoms with E-state index in [0.717, 1.165) is 22.6 Å². The first-order valence-corrected chi connectivity index (χ1v) is 9.49. The molecule has 3 N–H and O–H groups in total. The van der Waals surface area contributed by atoms with E-state index in [-0.39, 0.29) is 5.56 Å². The van der Waals surface area contributed by atoms with Crippen LogP contribution in [0.5, 0.6) is 0 Å². The predicted molar refractivity (Wildman–Crippen MR) is 114 cm³/mol. The van der Waals surface area contributed by atoms with Gasteiger partial charge in [-0.2, -0.15) is 0 Å². The molecule has 1 aromatic carbocycles. The van der Waals surface area contributed by atoms with Crippen molar-refractivity contribution in [1.29, 1.82) is 0 Å². The molecule has 3 aromatic heterocycles. The second-order valence-electron chi connectivity index (χ2n) is 7.60. The van der Waals surface area contributed by atoms with Crippen molar-refractivity contribution >= 4 is 16.9 Å². The summed E-state index contributed by atoms with van der Waals surface area (Å²) in [6.45, 7) is 4.17. The number of nitrogens with one attached hydrogen (secondary N) is 2. The number of pyridine rings is 1. The van der Waals surface area contributed by atoms with E-state index < -0.39 is 5.60 Å². The van der Waals surface area contributed by atoms with E-state index in [9.17, 15) is 9.90 Å². The molecule has 0 spiro atoms. The molecule has 4 rings (SSSR count). The SMILES string of the molecule is CC(C)(O)CCNc1ccc(-c2cn(-c3ccccc3)c3nc[nH]c(=O)c23)cn1. The van der Waals surface area contributed by atoms with E-state index in [1.165, 1.54) is 6.33 Å². The Morgan fingerprint density at radius 1 is 1.14 bits per heavy atom. The van der Waals surface area contributed by atoms with Gasteiger partial charge in [0.2, 0.25) is 0 Å². The number of aliphatic hydroxyl groups is 1. The van der Waals surface area contributed by atoms with Gasteiger partial charge >= 0.3 is 0 Å². The molecule has 0 fully saturated rings. The number of H-pyrrole nitrogens is 1. The summed E-state index contributed by atoms with van der Waals surface area (Å²) in [6, 6.07) is 13.6. The van der Waals surface area contributed by atoms with Gasteiger partial charge in [0.1, 0.15) is 5.82 Å². The normalized spacial score (nSPS) is 11.7. The van der Waals surface area contributed by atoms with Crippen LogP contribution in [0.25, 0.3) is 27.8 Å².